The Morgan fingerprint density at radius 3 is 2.50 bits per heavy atom. The molecule has 3 rings (SSSR count). The summed E-state index contributed by atoms with van der Waals surface area (Å²) in [5, 5.41) is 3.46. The molecular formula is C25H25FN2O4S2. The predicted octanol–water partition coefficient (Wildman–Crippen LogP) is 5.02. The quantitative estimate of drug-likeness (QED) is 0.279. The van der Waals surface area contributed by atoms with E-state index in [-0.39, 0.29) is 24.5 Å². The zero-order valence-corrected chi connectivity index (χ0v) is 20.3. The number of carbonyl (C=O) groups excluding carboxylic acids is 2. The summed E-state index contributed by atoms with van der Waals surface area (Å²) in [4.78, 5) is 22.6. The summed E-state index contributed by atoms with van der Waals surface area (Å²) in [5.41, 5.74) is 2.32. The first-order valence-electron chi connectivity index (χ1n) is 10.6. The molecule has 34 heavy (non-hydrogen) atoms. The average molecular weight is 501 g/mol. The van der Waals surface area contributed by atoms with E-state index in [4.69, 9.17) is 0 Å². The highest BCUT2D eigenvalue weighted by Crippen LogP contribution is 2.35. The van der Waals surface area contributed by atoms with Crippen molar-refractivity contribution >= 4 is 55.3 Å². The Balaban J connectivity index is 1.94. The monoisotopic (exact) mass is 500 g/mol. The highest BCUT2D eigenvalue weighted by molar-refractivity contribution is 7.89. The zero-order chi connectivity index (χ0) is 24.7. The van der Waals surface area contributed by atoms with Gasteiger partial charge in [-0.25, -0.2) is 12.8 Å². The van der Waals surface area contributed by atoms with E-state index in [9.17, 15) is 22.4 Å². The van der Waals surface area contributed by atoms with Gasteiger partial charge in [-0.05, 0) is 47.9 Å². The van der Waals surface area contributed by atoms with Crippen molar-refractivity contribution in [2.75, 3.05) is 18.4 Å². The van der Waals surface area contributed by atoms with Crippen molar-refractivity contribution in [1.82, 2.24) is 4.31 Å². The molecule has 2 aromatic carbocycles. The molecule has 0 fully saturated rings. The van der Waals surface area contributed by atoms with E-state index in [1.807, 2.05) is 13.0 Å². The number of thiophene rings is 1. The Kier molecular flexibility index (Phi) is 8.49. The van der Waals surface area contributed by atoms with E-state index in [1.165, 1.54) is 24.3 Å². The van der Waals surface area contributed by atoms with Crippen LogP contribution in [0.25, 0.3) is 15.7 Å². The Labute approximate surface area is 202 Å². The second kappa shape index (κ2) is 11.3. The van der Waals surface area contributed by atoms with Gasteiger partial charge in [-0.1, -0.05) is 37.8 Å². The standard InChI is InChI=1S/C25H25FN2O4S2/c1-3-5-18(4-2)19-6-8-21(9-7-19)34(31,32)28(13-15-30)17-20-16-22-24(27-12-14-29)11-10-23(26)25(22)33-20/h4-11,14-16,27H,2-3,12-13,17H2,1H3/b18-5+. The van der Waals surface area contributed by atoms with Crippen molar-refractivity contribution in [3.05, 3.63) is 77.5 Å². The second-order valence-corrected chi connectivity index (χ2v) is 10.4. The van der Waals surface area contributed by atoms with E-state index < -0.39 is 15.8 Å². The van der Waals surface area contributed by atoms with Crippen molar-refractivity contribution in [3.63, 3.8) is 0 Å². The Morgan fingerprint density at radius 1 is 1.15 bits per heavy atom. The number of carbonyl (C=O) groups is 2. The minimum atomic E-state index is -3.99. The Morgan fingerprint density at radius 2 is 1.88 bits per heavy atom. The smallest absolute Gasteiger partial charge is 0.243 e. The van der Waals surface area contributed by atoms with Crippen LogP contribution in [0.5, 0.6) is 0 Å². The molecule has 0 atom stereocenters. The molecule has 1 aromatic heterocycles. The third-order valence-corrected chi connectivity index (χ3v) is 8.10. The number of hydrogen-bond donors (Lipinski definition) is 1. The number of anilines is 1. The Bertz CT molecular complexity index is 1330. The number of nitrogens with zero attached hydrogens (tertiary/aromatic N) is 1. The SMILES string of the molecule is C=C/C(=C\CC)c1ccc(S(=O)(=O)N(CC=O)Cc2cc3c(NCC=O)ccc(F)c3s2)cc1. The number of allylic oxidation sites excluding steroid dienone is 3. The molecule has 0 spiro atoms. The molecule has 0 amide bonds. The van der Waals surface area contributed by atoms with Crippen LogP contribution in [0.2, 0.25) is 0 Å². The molecule has 9 heteroatoms. The fourth-order valence-corrected chi connectivity index (χ4v) is 6.07. The third kappa shape index (κ3) is 5.49. The van der Waals surface area contributed by atoms with Gasteiger partial charge in [0.25, 0.3) is 0 Å². The molecule has 6 nitrogen and oxygen atoms in total. The number of nitrogens with one attached hydrogen (secondary N) is 1. The van der Waals surface area contributed by atoms with E-state index in [0.717, 1.165) is 33.2 Å². The molecule has 0 unspecified atom stereocenters. The van der Waals surface area contributed by atoms with Gasteiger partial charge in [0.1, 0.15) is 18.4 Å². The molecule has 1 N–H and O–H groups in total. The molecule has 0 radical (unpaired) electrons. The van der Waals surface area contributed by atoms with Crippen molar-refractivity contribution < 1.29 is 22.4 Å². The van der Waals surface area contributed by atoms with E-state index in [0.29, 0.717) is 33.2 Å². The van der Waals surface area contributed by atoms with Gasteiger partial charge < -0.3 is 14.9 Å². The number of sulfonamides is 1. The minimum absolute atomic E-state index is 0.0543. The summed E-state index contributed by atoms with van der Waals surface area (Å²) < 4.78 is 42.4. The van der Waals surface area contributed by atoms with Gasteiger partial charge in [0.15, 0.2) is 0 Å². The molecule has 3 aromatic rings. The fraction of sp³-hybridized carbons (Fsp3) is 0.200. The molecular weight excluding hydrogens is 475 g/mol. The van der Waals surface area contributed by atoms with Gasteiger partial charge in [0.2, 0.25) is 10.0 Å². The van der Waals surface area contributed by atoms with Crippen molar-refractivity contribution in [2.45, 2.75) is 24.8 Å². The first kappa shape index (κ1) is 25.5. The van der Waals surface area contributed by atoms with E-state index in [1.54, 1.807) is 24.3 Å². The van der Waals surface area contributed by atoms with Crippen molar-refractivity contribution in [3.8, 4) is 0 Å². The van der Waals surface area contributed by atoms with Gasteiger partial charge >= 0.3 is 0 Å². The van der Waals surface area contributed by atoms with Crippen LogP contribution in [0.4, 0.5) is 10.1 Å². The molecule has 0 bridgehead atoms. The van der Waals surface area contributed by atoms with Gasteiger partial charge in [-0.2, -0.15) is 4.31 Å². The van der Waals surface area contributed by atoms with Crippen LogP contribution in [0, 0.1) is 5.82 Å². The van der Waals surface area contributed by atoms with Gasteiger partial charge in [0.05, 0.1) is 22.7 Å². The fourth-order valence-electron chi connectivity index (χ4n) is 3.54. The van der Waals surface area contributed by atoms with Crippen molar-refractivity contribution in [1.29, 1.82) is 0 Å². The van der Waals surface area contributed by atoms with Crippen LogP contribution < -0.4 is 5.32 Å². The molecule has 178 valence electrons. The van der Waals surface area contributed by atoms with Gasteiger partial charge in [-0.3, -0.25) is 0 Å². The maximum Gasteiger partial charge on any atom is 0.243 e. The number of hydrogen-bond acceptors (Lipinski definition) is 6. The minimum Gasteiger partial charge on any atom is -0.378 e. The van der Waals surface area contributed by atoms with E-state index >= 15 is 0 Å². The number of halogens is 1. The van der Waals surface area contributed by atoms with E-state index in [2.05, 4.69) is 11.9 Å². The third-order valence-electron chi connectivity index (χ3n) is 5.14. The van der Waals surface area contributed by atoms with Crippen LogP contribution in [-0.2, 0) is 26.2 Å². The molecule has 1 heterocycles. The lowest BCUT2D eigenvalue weighted by molar-refractivity contribution is -0.108. The van der Waals surface area contributed by atoms with Gasteiger partial charge in [0, 0.05) is 22.5 Å². The van der Waals surface area contributed by atoms with Gasteiger partial charge in [-0.15, -0.1) is 11.3 Å². The lowest BCUT2D eigenvalue weighted by Crippen LogP contribution is -2.32. The Hall–Kier alpha value is -3.14. The highest BCUT2D eigenvalue weighted by Gasteiger charge is 2.25. The first-order chi connectivity index (χ1) is 16.3. The lowest BCUT2D eigenvalue weighted by atomic mass is 10.1. The summed E-state index contributed by atoms with van der Waals surface area (Å²) in [5.74, 6) is -0.443. The maximum atomic E-state index is 14.4. The number of benzene rings is 2. The summed E-state index contributed by atoms with van der Waals surface area (Å²) in [6.45, 7) is 5.42. The molecule has 0 aliphatic carbocycles. The lowest BCUT2D eigenvalue weighted by Gasteiger charge is -2.19. The van der Waals surface area contributed by atoms with Crippen LogP contribution >= 0.6 is 11.3 Å². The molecule has 0 saturated carbocycles. The molecule has 0 aliphatic heterocycles. The summed E-state index contributed by atoms with van der Waals surface area (Å²) in [7, 11) is -3.99. The zero-order valence-electron chi connectivity index (χ0n) is 18.7. The summed E-state index contributed by atoms with van der Waals surface area (Å²) >= 11 is 1.11. The first-order valence-corrected chi connectivity index (χ1v) is 12.9. The molecule has 0 saturated heterocycles. The maximum absolute atomic E-state index is 14.4. The summed E-state index contributed by atoms with van der Waals surface area (Å²) in [6.07, 6.45) is 5.74. The van der Waals surface area contributed by atoms with Crippen molar-refractivity contribution in [2.24, 2.45) is 0 Å². The second-order valence-electron chi connectivity index (χ2n) is 7.36. The number of rotatable bonds is 12. The normalized spacial score (nSPS) is 12.1. The average Bonchev–Trinajstić information content (AvgIpc) is 3.27. The van der Waals surface area contributed by atoms with Crippen LogP contribution in [0.1, 0.15) is 23.8 Å². The van der Waals surface area contributed by atoms with Crippen LogP contribution in [-0.4, -0.2) is 38.4 Å². The van der Waals surface area contributed by atoms with Crippen LogP contribution in [0.15, 0.2) is 66.1 Å². The van der Waals surface area contributed by atoms with Crippen LogP contribution in [0.3, 0.4) is 0 Å². The highest BCUT2D eigenvalue weighted by atomic mass is 32.2. The predicted molar refractivity (Wildman–Crippen MR) is 135 cm³/mol. The summed E-state index contributed by atoms with van der Waals surface area (Å²) in [6, 6.07) is 10.9. The topological polar surface area (TPSA) is 83.6 Å². The number of fused-ring (bicyclic) bond motifs is 1. The largest absolute Gasteiger partial charge is 0.378 e. The molecule has 0 aliphatic rings. The number of aldehydes is 2.